The minimum Gasteiger partial charge on any atom is -0.486 e. The van der Waals surface area contributed by atoms with Gasteiger partial charge in [0.05, 0.1) is 11.9 Å². The quantitative estimate of drug-likeness (QED) is 0.858. The van der Waals surface area contributed by atoms with Gasteiger partial charge in [0.15, 0.2) is 17.3 Å². The number of hydrogen-bond acceptors (Lipinski definition) is 5. The number of amides is 1. The zero-order valence-electron chi connectivity index (χ0n) is 12.5. The molecule has 2 heterocycles. The van der Waals surface area contributed by atoms with Crippen molar-refractivity contribution in [1.82, 2.24) is 4.98 Å². The number of carbonyl (C=O) groups excluding carboxylic acids is 2. The molecule has 0 bridgehead atoms. The summed E-state index contributed by atoms with van der Waals surface area (Å²) >= 11 is 0. The number of ketones is 1. The second-order valence-corrected chi connectivity index (χ2v) is 5.07. The van der Waals surface area contributed by atoms with E-state index in [4.69, 9.17) is 9.47 Å². The summed E-state index contributed by atoms with van der Waals surface area (Å²) in [6, 6.07) is 8.55. The standard InChI is InChI=1S/C17H16N2O4/c20-14(4-6-17(21)19-13-2-1-7-18-11-13)12-3-5-15-16(10-12)23-9-8-22-15/h1-3,5,7,10-11H,4,6,8-9H2,(H,19,21). The largest absolute Gasteiger partial charge is 0.486 e. The molecule has 1 amide bonds. The van der Waals surface area contributed by atoms with E-state index < -0.39 is 0 Å². The fourth-order valence-electron chi connectivity index (χ4n) is 2.25. The molecule has 6 nitrogen and oxygen atoms in total. The van der Waals surface area contributed by atoms with Crippen molar-refractivity contribution in [2.45, 2.75) is 12.8 Å². The first kappa shape index (κ1) is 15.0. The summed E-state index contributed by atoms with van der Waals surface area (Å²) in [5.74, 6) is 0.885. The van der Waals surface area contributed by atoms with E-state index in [-0.39, 0.29) is 24.5 Å². The van der Waals surface area contributed by atoms with Crippen molar-refractivity contribution in [2.24, 2.45) is 0 Å². The molecule has 1 aromatic carbocycles. The number of nitrogens with one attached hydrogen (secondary N) is 1. The highest BCUT2D eigenvalue weighted by molar-refractivity contribution is 6.00. The maximum Gasteiger partial charge on any atom is 0.224 e. The van der Waals surface area contributed by atoms with Gasteiger partial charge in [-0.3, -0.25) is 14.6 Å². The Morgan fingerprint density at radius 2 is 1.91 bits per heavy atom. The number of fused-ring (bicyclic) bond motifs is 1. The maximum atomic E-state index is 12.2. The van der Waals surface area contributed by atoms with E-state index in [1.165, 1.54) is 0 Å². The topological polar surface area (TPSA) is 77.5 Å². The lowest BCUT2D eigenvalue weighted by molar-refractivity contribution is -0.116. The number of ether oxygens (including phenoxy) is 2. The highest BCUT2D eigenvalue weighted by Crippen LogP contribution is 2.31. The second kappa shape index (κ2) is 6.91. The van der Waals surface area contributed by atoms with Crippen LogP contribution in [0.3, 0.4) is 0 Å². The van der Waals surface area contributed by atoms with Crippen LogP contribution in [0.2, 0.25) is 0 Å². The van der Waals surface area contributed by atoms with E-state index in [1.807, 2.05) is 0 Å². The van der Waals surface area contributed by atoms with Gasteiger partial charge in [-0.2, -0.15) is 0 Å². The van der Waals surface area contributed by atoms with Gasteiger partial charge >= 0.3 is 0 Å². The van der Waals surface area contributed by atoms with E-state index in [0.717, 1.165) is 0 Å². The van der Waals surface area contributed by atoms with Crippen LogP contribution in [0, 0.1) is 0 Å². The number of anilines is 1. The molecule has 0 fully saturated rings. The van der Waals surface area contributed by atoms with Crippen molar-refractivity contribution < 1.29 is 19.1 Å². The minimum atomic E-state index is -0.219. The van der Waals surface area contributed by atoms with Crippen molar-refractivity contribution in [3.63, 3.8) is 0 Å². The van der Waals surface area contributed by atoms with E-state index in [2.05, 4.69) is 10.3 Å². The van der Waals surface area contributed by atoms with Gasteiger partial charge in [-0.05, 0) is 30.3 Å². The van der Waals surface area contributed by atoms with Crippen molar-refractivity contribution in [3.05, 3.63) is 48.3 Å². The Bertz CT molecular complexity index is 716. The van der Waals surface area contributed by atoms with Gasteiger partial charge in [-0.15, -0.1) is 0 Å². The molecule has 2 aromatic rings. The third-order valence-electron chi connectivity index (χ3n) is 3.39. The predicted octanol–water partition coefficient (Wildman–Crippen LogP) is 2.45. The van der Waals surface area contributed by atoms with Gasteiger partial charge in [0, 0.05) is 24.6 Å². The highest BCUT2D eigenvalue weighted by Gasteiger charge is 2.15. The lowest BCUT2D eigenvalue weighted by Gasteiger charge is -2.18. The summed E-state index contributed by atoms with van der Waals surface area (Å²) in [6.07, 6.45) is 3.43. The Morgan fingerprint density at radius 1 is 1.09 bits per heavy atom. The Morgan fingerprint density at radius 3 is 2.70 bits per heavy atom. The monoisotopic (exact) mass is 312 g/mol. The molecule has 0 atom stereocenters. The average molecular weight is 312 g/mol. The summed E-state index contributed by atoms with van der Waals surface area (Å²) in [5, 5.41) is 2.70. The van der Waals surface area contributed by atoms with Gasteiger partial charge in [-0.1, -0.05) is 0 Å². The van der Waals surface area contributed by atoms with Crippen LogP contribution in [-0.4, -0.2) is 29.9 Å². The smallest absolute Gasteiger partial charge is 0.224 e. The van der Waals surface area contributed by atoms with Crippen LogP contribution < -0.4 is 14.8 Å². The van der Waals surface area contributed by atoms with E-state index in [0.29, 0.717) is 36.0 Å². The van der Waals surface area contributed by atoms with Gasteiger partial charge < -0.3 is 14.8 Å². The molecular weight excluding hydrogens is 296 g/mol. The third kappa shape index (κ3) is 3.85. The number of carbonyl (C=O) groups is 2. The summed E-state index contributed by atoms with van der Waals surface area (Å²) < 4.78 is 10.9. The van der Waals surface area contributed by atoms with Crippen LogP contribution in [0.4, 0.5) is 5.69 Å². The van der Waals surface area contributed by atoms with Gasteiger partial charge in [0.2, 0.25) is 5.91 Å². The van der Waals surface area contributed by atoms with Gasteiger partial charge in [0.25, 0.3) is 0 Å². The van der Waals surface area contributed by atoms with Gasteiger partial charge in [0.1, 0.15) is 13.2 Å². The highest BCUT2D eigenvalue weighted by atomic mass is 16.6. The van der Waals surface area contributed by atoms with Gasteiger partial charge in [-0.25, -0.2) is 0 Å². The van der Waals surface area contributed by atoms with E-state index >= 15 is 0 Å². The maximum absolute atomic E-state index is 12.2. The number of pyridine rings is 1. The summed E-state index contributed by atoms with van der Waals surface area (Å²) in [5.41, 5.74) is 1.13. The molecular formula is C17H16N2O4. The van der Waals surface area contributed by atoms with Crippen LogP contribution >= 0.6 is 0 Å². The van der Waals surface area contributed by atoms with Crippen molar-refractivity contribution in [1.29, 1.82) is 0 Å². The van der Waals surface area contributed by atoms with Crippen molar-refractivity contribution in [2.75, 3.05) is 18.5 Å². The minimum absolute atomic E-state index is 0.108. The SMILES string of the molecule is O=C(CCC(=O)c1ccc2c(c1)OCCO2)Nc1cccnc1. The summed E-state index contributed by atoms with van der Waals surface area (Å²) in [4.78, 5) is 28.0. The molecule has 1 aliphatic heterocycles. The summed E-state index contributed by atoms with van der Waals surface area (Å²) in [6.45, 7) is 0.979. The first-order valence-electron chi connectivity index (χ1n) is 7.35. The molecule has 0 spiro atoms. The molecule has 1 N–H and O–H groups in total. The first-order valence-corrected chi connectivity index (χ1v) is 7.35. The normalized spacial score (nSPS) is 12.5. The fraction of sp³-hybridized carbons (Fsp3) is 0.235. The van der Waals surface area contributed by atoms with Crippen molar-refractivity contribution >= 4 is 17.4 Å². The number of aromatic nitrogens is 1. The van der Waals surface area contributed by atoms with Crippen LogP contribution in [0.1, 0.15) is 23.2 Å². The lowest BCUT2D eigenvalue weighted by atomic mass is 10.1. The van der Waals surface area contributed by atoms with E-state index in [9.17, 15) is 9.59 Å². The molecule has 0 saturated heterocycles. The molecule has 0 saturated carbocycles. The molecule has 3 rings (SSSR count). The number of hydrogen-bond donors (Lipinski definition) is 1. The molecule has 0 unspecified atom stereocenters. The zero-order chi connectivity index (χ0) is 16.1. The molecule has 1 aliphatic rings. The Labute approximate surface area is 133 Å². The summed E-state index contributed by atoms with van der Waals surface area (Å²) in [7, 11) is 0. The predicted molar refractivity (Wildman–Crippen MR) is 83.9 cm³/mol. The number of nitrogens with zero attached hydrogens (tertiary/aromatic N) is 1. The number of Topliss-reactive ketones (excluding diaryl/α,β-unsaturated/α-hetero) is 1. The molecule has 0 aliphatic carbocycles. The fourth-order valence-corrected chi connectivity index (χ4v) is 2.25. The van der Waals surface area contributed by atoms with Crippen LogP contribution in [0.15, 0.2) is 42.7 Å². The number of benzene rings is 1. The Hall–Kier alpha value is -2.89. The molecule has 23 heavy (non-hydrogen) atoms. The van der Waals surface area contributed by atoms with Crippen LogP contribution in [-0.2, 0) is 4.79 Å². The lowest BCUT2D eigenvalue weighted by Crippen LogP contribution is -2.16. The van der Waals surface area contributed by atoms with E-state index in [1.54, 1.807) is 42.7 Å². The zero-order valence-corrected chi connectivity index (χ0v) is 12.5. The van der Waals surface area contributed by atoms with Crippen LogP contribution in [0.5, 0.6) is 11.5 Å². The second-order valence-electron chi connectivity index (χ2n) is 5.07. The first-order chi connectivity index (χ1) is 11.2. The van der Waals surface area contributed by atoms with Crippen LogP contribution in [0.25, 0.3) is 0 Å². The third-order valence-corrected chi connectivity index (χ3v) is 3.39. The average Bonchev–Trinajstić information content (AvgIpc) is 2.60. The number of rotatable bonds is 5. The molecule has 118 valence electrons. The Balaban J connectivity index is 1.56. The molecule has 0 radical (unpaired) electrons. The molecule has 6 heteroatoms. The van der Waals surface area contributed by atoms with Crippen molar-refractivity contribution in [3.8, 4) is 11.5 Å². The Kier molecular flexibility index (Phi) is 4.52. The molecule has 1 aromatic heterocycles.